The molecule has 2 aromatic rings. The van der Waals surface area contributed by atoms with Gasteiger partial charge >= 0.3 is 6.09 Å². The van der Waals surface area contributed by atoms with Gasteiger partial charge in [0.1, 0.15) is 5.60 Å². The van der Waals surface area contributed by atoms with Gasteiger partial charge < -0.3 is 34.9 Å². The van der Waals surface area contributed by atoms with Crippen LogP contribution in [-0.2, 0) is 21.3 Å². The first-order valence-electron chi connectivity index (χ1n) is 14.9. The van der Waals surface area contributed by atoms with E-state index in [1.807, 2.05) is 6.07 Å². The van der Waals surface area contributed by atoms with Gasteiger partial charge in [0, 0.05) is 44.5 Å². The van der Waals surface area contributed by atoms with E-state index >= 15 is 0 Å². The number of amides is 2. The fourth-order valence-corrected chi connectivity index (χ4v) is 6.74. The van der Waals surface area contributed by atoms with Crippen molar-refractivity contribution in [3.8, 4) is 11.5 Å². The number of ether oxygens (including phenoxy) is 3. The van der Waals surface area contributed by atoms with E-state index in [1.54, 1.807) is 46.1 Å². The van der Waals surface area contributed by atoms with Crippen molar-refractivity contribution in [2.75, 3.05) is 45.7 Å². The summed E-state index contributed by atoms with van der Waals surface area (Å²) in [5.74, 6) is 0.655. The second-order valence-corrected chi connectivity index (χ2v) is 14.0. The zero-order valence-electron chi connectivity index (χ0n) is 26.1. The van der Waals surface area contributed by atoms with Gasteiger partial charge in [-0.25, -0.2) is 13.2 Å². The molecule has 242 valence electrons. The van der Waals surface area contributed by atoms with E-state index in [4.69, 9.17) is 14.2 Å². The van der Waals surface area contributed by atoms with E-state index in [0.717, 1.165) is 18.4 Å². The number of rotatable bonds is 9. The van der Waals surface area contributed by atoms with E-state index in [2.05, 4.69) is 10.6 Å². The third-order valence-electron chi connectivity index (χ3n) is 7.72. The average molecular weight is 633 g/mol. The lowest BCUT2D eigenvalue weighted by atomic mass is 9.92. The largest absolute Gasteiger partial charge is 0.493 e. The molecule has 1 aliphatic heterocycles. The van der Waals surface area contributed by atoms with Crippen LogP contribution in [-0.4, -0.2) is 92.9 Å². The summed E-state index contributed by atoms with van der Waals surface area (Å²) in [5, 5.41) is 16.2. The molecule has 2 aliphatic rings. The summed E-state index contributed by atoms with van der Waals surface area (Å²) in [4.78, 5) is 27.5. The van der Waals surface area contributed by atoms with Gasteiger partial charge in [0.2, 0.25) is 10.0 Å². The number of nitrogens with one attached hydrogen (secondary N) is 2. The molecule has 0 spiro atoms. The van der Waals surface area contributed by atoms with Crippen molar-refractivity contribution in [3.63, 3.8) is 0 Å². The highest BCUT2D eigenvalue weighted by Crippen LogP contribution is 2.29. The van der Waals surface area contributed by atoms with Gasteiger partial charge in [-0.05, 0) is 82.3 Å². The number of hydrogen-bond acceptors (Lipinski definition) is 9. The summed E-state index contributed by atoms with van der Waals surface area (Å²) >= 11 is 0. The van der Waals surface area contributed by atoms with Crippen molar-refractivity contribution in [2.24, 2.45) is 0 Å². The predicted octanol–water partition coefficient (Wildman–Crippen LogP) is 3.59. The van der Waals surface area contributed by atoms with Crippen LogP contribution in [0.1, 0.15) is 62.4 Å². The van der Waals surface area contributed by atoms with E-state index in [-0.39, 0.29) is 55.3 Å². The number of sulfonamides is 1. The number of piperazine rings is 1. The topological polar surface area (TPSA) is 147 Å². The van der Waals surface area contributed by atoms with Crippen molar-refractivity contribution in [2.45, 2.75) is 75.6 Å². The molecular formula is C31H44N4O8S. The van der Waals surface area contributed by atoms with Crippen LogP contribution in [0.4, 0.5) is 10.5 Å². The van der Waals surface area contributed by atoms with Crippen LogP contribution >= 0.6 is 0 Å². The third-order valence-corrected chi connectivity index (χ3v) is 9.62. The molecule has 0 radical (unpaired) electrons. The van der Waals surface area contributed by atoms with Gasteiger partial charge in [0.15, 0.2) is 11.5 Å². The molecule has 0 unspecified atom stereocenters. The Morgan fingerprint density at radius 2 is 1.59 bits per heavy atom. The minimum absolute atomic E-state index is 0.0101. The molecule has 1 saturated heterocycles. The number of nitrogens with zero attached hydrogens (tertiary/aromatic N) is 2. The van der Waals surface area contributed by atoms with E-state index < -0.39 is 27.6 Å². The molecule has 3 N–H and O–H groups in total. The highest BCUT2D eigenvalue weighted by atomic mass is 32.2. The predicted molar refractivity (Wildman–Crippen MR) is 166 cm³/mol. The minimum Gasteiger partial charge on any atom is -0.493 e. The lowest BCUT2D eigenvalue weighted by molar-refractivity contribution is 0.0192. The standard InChI is InChI=1S/C31H44N4O8S/c1-31(2,3)43-30(38)34-14-16-35(17-15-34)44(39,40)24-11-12-26(33-22-7-9-23(36)10-8-22)25(19-24)29(37)32-20-21-6-13-27(41-4)28(18-21)42-5/h6,11-13,18-19,22-23,33,36H,7-10,14-17,20H2,1-5H3,(H,32,37)/t22-,23-. The van der Waals surface area contributed by atoms with Crippen molar-refractivity contribution < 1.29 is 37.3 Å². The van der Waals surface area contributed by atoms with Gasteiger partial charge in [-0.2, -0.15) is 4.31 Å². The molecule has 0 atom stereocenters. The Morgan fingerprint density at radius 3 is 2.20 bits per heavy atom. The number of carbonyl (C=O) groups is 2. The van der Waals surface area contributed by atoms with Crippen molar-refractivity contribution in [1.29, 1.82) is 0 Å². The molecule has 1 aliphatic carbocycles. The SMILES string of the molecule is COc1ccc(CNC(=O)c2cc(S(=O)(=O)N3CCN(C(=O)OC(C)(C)C)CC3)ccc2N[C@H]2CC[C@H](O)CC2)cc1OC. The molecule has 4 rings (SSSR count). The quantitative estimate of drug-likeness (QED) is 0.377. The van der Waals surface area contributed by atoms with Crippen LogP contribution in [0.15, 0.2) is 41.3 Å². The fraction of sp³-hybridized carbons (Fsp3) is 0.548. The Hall–Kier alpha value is -3.55. The van der Waals surface area contributed by atoms with E-state index in [0.29, 0.717) is 30.0 Å². The summed E-state index contributed by atoms with van der Waals surface area (Å²) < 4.78 is 44.8. The number of hydrogen-bond donors (Lipinski definition) is 3. The first-order chi connectivity index (χ1) is 20.8. The zero-order valence-corrected chi connectivity index (χ0v) is 26.9. The van der Waals surface area contributed by atoms with Crippen LogP contribution in [0, 0.1) is 0 Å². The van der Waals surface area contributed by atoms with Crippen molar-refractivity contribution >= 4 is 27.7 Å². The van der Waals surface area contributed by atoms with Crippen LogP contribution < -0.4 is 20.1 Å². The van der Waals surface area contributed by atoms with Gasteiger partial charge in [-0.15, -0.1) is 0 Å². The van der Waals surface area contributed by atoms with E-state index in [1.165, 1.54) is 28.4 Å². The molecule has 12 nitrogen and oxygen atoms in total. The first kappa shape index (κ1) is 33.3. The summed E-state index contributed by atoms with van der Waals surface area (Å²) in [5.41, 5.74) is 0.845. The van der Waals surface area contributed by atoms with Crippen LogP contribution in [0.3, 0.4) is 0 Å². The monoisotopic (exact) mass is 632 g/mol. The highest BCUT2D eigenvalue weighted by Gasteiger charge is 2.33. The summed E-state index contributed by atoms with van der Waals surface area (Å²) in [6.45, 7) is 6.12. The van der Waals surface area contributed by atoms with Gasteiger partial charge in [0.25, 0.3) is 5.91 Å². The van der Waals surface area contributed by atoms with Gasteiger partial charge in [-0.3, -0.25) is 4.79 Å². The summed E-state index contributed by atoms with van der Waals surface area (Å²) in [6, 6.07) is 9.90. The fourth-order valence-electron chi connectivity index (χ4n) is 5.29. The Bertz CT molecular complexity index is 1430. The second kappa shape index (κ2) is 14.0. The molecule has 1 saturated carbocycles. The number of methoxy groups -OCH3 is 2. The number of aliphatic hydroxyl groups excluding tert-OH is 1. The third kappa shape index (κ3) is 8.33. The molecule has 1 heterocycles. The van der Waals surface area contributed by atoms with Crippen LogP contribution in [0.2, 0.25) is 0 Å². The van der Waals surface area contributed by atoms with Crippen LogP contribution in [0.25, 0.3) is 0 Å². The summed E-state index contributed by atoms with van der Waals surface area (Å²) in [6.07, 6.45) is 1.96. The molecule has 13 heteroatoms. The lowest BCUT2D eigenvalue weighted by Crippen LogP contribution is -2.51. The maximum atomic E-state index is 13.7. The highest BCUT2D eigenvalue weighted by molar-refractivity contribution is 7.89. The number of anilines is 1. The molecular weight excluding hydrogens is 588 g/mol. The molecule has 2 fully saturated rings. The van der Waals surface area contributed by atoms with E-state index in [9.17, 15) is 23.1 Å². The number of carbonyl (C=O) groups excluding carboxylic acids is 2. The Labute approximate surface area is 259 Å². The molecule has 2 aromatic carbocycles. The number of aliphatic hydroxyl groups is 1. The molecule has 2 amide bonds. The minimum atomic E-state index is -3.96. The maximum absolute atomic E-state index is 13.7. The summed E-state index contributed by atoms with van der Waals surface area (Å²) in [7, 11) is -0.882. The van der Waals surface area contributed by atoms with Crippen molar-refractivity contribution in [1.82, 2.24) is 14.5 Å². The number of benzene rings is 2. The van der Waals surface area contributed by atoms with Gasteiger partial charge in [0.05, 0.1) is 30.8 Å². The normalized spacial score (nSPS) is 19.6. The Morgan fingerprint density at radius 1 is 0.932 bits per heavy atom. The maximum Gasteiger partial charge on any atom is 0.410 e. The molecule has 0 aromatic heterocycles. The Kier molecular flexibility index (Phi) is 10.6. The molecule has 0 bridgehead atoms. The average Bonchev–Trinajstić information content (AvgIpc) is 3.00. The van der Waals surface area contributed by atoms with Crippen molar-refractivity contribution in [3.05, 3.63) is 47.5 Å². The smallest absolute Gasteiger partial charge is 0.410 e. The Balaban J connectivity index is 1.53. The van der Waals surface area contributed by atoms with Crippen LogP contribution in [0.5, 0.6) is 11.5 Å². The zero-order chi connectivity index (χ0) is 32.1. The lowest BCUT2D eigenvalue weighted by Gasteiger charge is -2.35. The first-order valence-corrected chi connectivity index (χ1v) is 16.3. The molecule has 44 heavy (non-hydrogen) atoms. The second-order valence-electron chi connectivity index (χ2n) is 12.1. The van der Waals surface area contributed by atoms with Gasteiger partial charge in [-0.1, -0.05) is 6.07 Å².